The van der Waals surface area contributed by atoms with Gasteiger partial charge < -0.3 is 15.0 Å². The highest BCUT2D eigenvalue weighted by Gasteiger charge is 2.16. The summed E-state index contributed by atoms with van der Waals surface area (Å²) in [6.45, 7) is 5.01. The van der Waals surface area contributed by atoms with Gasteiger partial charge in [0, 0.05) is 25.3 Å². The molecule has 1 N–H and O–H groups in total. The molecule has 3 heteroatoms. The maximum absolute atomic E-state index is 5.49. The third-order valence-electron chi connectivity index (χ3n) is 3.69. The van der Waals surface area contributed by atoms with Gasteiger partial charge in [-0.3, -0.25) is 0 Å². The fourth-order valence-corrected chi connectivity index (χ4v) is 2.67. The van der Waals surface area contributed by atoms with Crippen LogP contribution in [0.15, 0.2) is 24.3 Å². The molecule has 17 heavy (non-hydrogen) atoms. The van der Waals surface area contributed by atoms with E-state index in [0.717, 1.165) is 19.8 Å². The van der Waals surface area contributed by atoms with Gasteiger partial charge in [-0.25, -0.2) is 0 Å². The lowest BCUT2D eigenvalue weighted by Crippen LogP contribution is -2.34. The van der Waals surface area contributed by atoms with E-state index in [0.29, 0.717) is 6.04 Å². The molecular formula is C14H20N2O. The zero-order valence-electron chi connectivity index (χ0n) is 10.2. The Labute approximate surface area is 103 Å². The Kier molecular flexibility index (Phi) is 3.29. The van der Waals surface area contributed by atoms with E-state index >= 15 is 0 Å². The molecule has 0 radical (unpaired) electrons. The Morgan fingerprint density at radius 2 is 1.88 bits per heavy atom. The molecule has 1 unspecified atom stereocenters. The lowest BCUT2D eigenvalue weighted by molar-refractivity contribution is 0.0769. The van der Waals surface area contributed by atoms with E-state index in [1.807, 2.05) is 0 Å². The topological polar surface area (TPSA) is 24.5 Å². The third kappa shape index (κ3) is 2.45. The second-order valence-corrected chi connectivity index (χ2v) is 4.87. The number of benzene rings is 1. The monoisotopic (exact) mass is 232 g/mol. The van der Waals surface area contributed by atoms with Crippen LogP contribution in [0.5, 0.6) is 0 Å². The average molecular weight is 232 g/mol. The maximum atomic E-state index is 5.49. The van der Waals surface area contributed by atoms with Crippen molar-refractivity contribution in [1.29, 1.82) is 0 Å². The molecule has 1 atom stereocenters. The summed E-state index contributed by atoms with van der Waals surface area (Å²) in [6.07, 6.45) is 2.67. The molecule has 0 aliphatic carbocycles. The van der Waals surface area contributed by atoms with Crippen molar-refractivity contribution in [3.8, 4) is 0 Å². The maximum Gasteiger partial charge on any atom is 0.0662 e. The van der Waals surface area contributed by atoms with Crippen LogP contribution in [0, 0.1) is 0 Å². The van der Waals surface area contributed by atoms with Gasteiger partial charge in [0.1, 0.15) is 0 Å². The van der Waals surface area contributed by atoms with Gasteiger partial charge in [0.25, 0.3) is 0 Å². The molecule has 0 spiro atoms. The van der Waals surface area contributed by atoms with Crippen LogP contribution >= 0.6 is 0 Å². The quantitative estimate of drug-likeness (QED) is 0.843. The normalized spacial score (nSPS) is 25.2. The Balaban J connectivity index is 1.70. The van der Waals surface area contributed by atoms with Crippen LogP contribution in [0.4, 0.5) is 5.69 Å². The Morgan fingerprint density at radius 1 is 1.12 bits per heavy atom. The first-order chi connectivity index (χ1) is 8.43. The molecule has 2 aliphatic rings. The highest BCUT2D eigenvalue weighted by Crippen LogP contribution is 2.23. The van der Waals surface area contributed by atoms with Crippen molar-refractivity contribution in [3.05, 3.63) is 29.8 Å². The SMILES string of the molecule is c1cc(N2CCCC2)ccc1C1COCCN1. The highest BCUT2D eigenvalue weighted by molar-refractivity contribution is 5.48. The predicted molar refractivity (Wildman–Crippen MR) is 69.5 cm³/mol. The van der Waals surface area contributed by atoms with Crippen molar-refractivity contribution in [2.24, 2.45) is 0 Å². The zero-order valence-corrected chi connectivity index (χ0v) is 10.2. The Morgan fingerprint density at radius 3 is 2.53 bits per heavy atom. The largest absolute Gasteiger partial charge is 0.378 e. The van der Waals surface area contributed by atoms with Gasteiger partial charge in [0.2, 0.25) is 0 Å². The average Bonchev–Trinajstić information content (AvgIpc) is 2.94. The molecule has 92 valence electrons. The second kappa shape index (κ2) is 5.07. The molecule has 1 aromatic carbocycles. The van der Waals surface area contributed by atoms with Crippen LogP contribution in [0.1, 0.15) is 24.4 Å². The van der Waals surface area contributed by atoms with E-state index < -0.39 is 0 Å². The van der Waals surface area contributed by atoms with Crippen LogP contribution in [0.25, 0.3) is 0 Å². The van der Waals surface area contributed by atoms with Crippen molar-refractivity contribution in [2.45, 2.75) is 18.9 Å². The van der Waals surface area contributed by atoms with Gasteiger partial charge in [0.05, 0.1) is 19.3 Å². The van der Waals surface area contributed by atoms with Crippen LogP contribution < -0.4 is 10.2 Å². The molecule has 2 aliphatic heterocycles. The summed E-state index contributed by atoms with van der Waals surface area (Å²) in [5.41, 5.74) is 2.70. The van der Waals surface area contributed by atoms with Crippen LogP contribution in [-0.4, -0.2) is 32.8 Å². The van der Waals surface area contributed by atoms with E-state index in [4.69, 9.17) is 4.74 Å². The predicted octanol–water partition coefficient (Wildman–Crippen LogP) is 1.95. The first-order valence-electron chi connectivity index (χ1n) is 6.59. The van der Waals surface area contributed by atoms with Crippen LogP contribution in [0.2, 0.25) is 0 Å². The Bertz CT molecular complexity index is 351. The molecule has 0 amide bonds. The van der Waals surface area contributed by atoms with Gasteiger partial charge in [-0.1, -0.05) is 12.1 Å². The lowest BCUT2D eigenvalue weighted by Gasteiger charge is -2.25. The van der Waals surface area contributed by atoms with E-state index in [1.165, 1.54) is 37.2 Å². The number of hydrogen-bond donors (Lipinski definition) is 1. The standard InChI is InChI=1S/C14H20N2O/c1-2-9-16(8-1)13-5-3-12(4-6-13)14-11-17-10-7-15-14/h3-6,14-15H,1-2,7-11H2. The fraction of sp³-hybridized carbons (Fsp3) is 0.571. The number of morpholine rings is 1. The number of hydrogen-bond acceptors (Lipinski definition) is 3. The van der Waals surface area contributed by atoms with Crippen molar-refractivity contribution in [2.75, 3.05) is 37.7 Å². The fourth-order valence-electron chi connectivity index (χ4n) is 2.67. The van der Waals surface area contributed by atoms with Gasteiger partial charge in [0.15, 0.2) is 0 Å². The summed E-state index contributed by atoms with van der Waals surface area (Å²) in [6, 6.07) is 9.34. The molecule has 3 rings (SSSR count). The summed E-state index contributed by atoms with van der Waals surface area (Å²) < 4.78 is 5.49. The molecule has 3 nitrogen and oxygen atoms in total. The van der Waals surface area contributed by atoms with Crippen molar-refractivity contribution < 1.29 is 4.74 Å². The minimum atomic E-state index is 0.372. The van der Waals surface area contributed by atoms with E-state index in [1.54, 1.807) is 0 Å². The first kappa shape index (κ1) is 11.1. The van der Waals surface area contributed by atoms with Crippen molar-refractivity contribution >= 4 is 5.69 Å². The summed E-state index contributed by atoms with van der Waals surface area (Å²) in [7, 11) is 0. The molecule has 2 heterocycles. The van der Waals surface area contributed by atoms with Gasteiger partial charge in [-0.05, 0) is 30.5 Å². The molecule has 0 saturated carbocycles. The first-order valence-corrected chi connectivity index (χ1v) is 6.59. The summed E-state index contributed by atoms with van der Waals surface area (Å²) in [5.74, 6) is 0. The van der Waals surface area contributed by atoms with E-state index in [9.17, 15) is 0 Å². The van der Waals surface area contributed by atoms with Gasteiger partial charge in [-0.15, -0.1) is 0 Å². The molecular weight excluding hydrogens is 212 g/mol. The smallest absolute Gasteiger partial charge is 0.0662 e. The molecule has 0 bridgehead atoms. The lowest BCUT2D eigenvalue weighted by atomic mass is 10.1. The second-order valence-electron chi connectivity index (χ2n) is 4.87. The summed E-state index contributed by atoms with van der Waals surface area (Å²) >= 11 is 0. The van der Waals surface area contributed by atoms with Gasteiger partial charge in [-0.2, -0.15) is 0 Å². The molecule has 2 saturated heterocycles. The third-order valence-corrected chi connectivity index (χ3v) is 3.69. The minimum Gasteiger partial charge on any atom is -0.378 e. The molecule has 2 fully saturated rings. The van der Waals surface area contributed by atoms with Crippen molar-refractivity contribution in [1.82, 2.24) is 5.32 Å². The number of nitrogens with zero attached hydrogens (tertiary/aromatic N) is 1. The Hall–Kier alpha value is -1.06. The summed E-state index contributed by atoms with van der Waals surface area (Å²) in [5, 5.41) is 3.49. The number of anilines is 1. The van der Waals surface area contributed by atoms with Gasteiger partial charge >= 0.3 is 0 Å². The van der Waals surface area contributed by atoms with Crippen LogP contribution in [-0.2, 0) is 4.74 Å². The number of ether oxygens (including phenoxy) is 1. The number of nitrogens with one attached hydrogen (secondary N) is 1. The zero-order chi connectivity index (χ0) is 11.5. The van der Waals surface area contributed by atoms with E-state index in [2.05, 4.69) is 34.5 Å². The minimum absolute atomic E-state index is 0.372. The van der Waals surface area contributed by atoms with E-state index in [-0.39, 0.29) is 0 Å². The highest BCUT2D eigenvalue weighted by atomic mass is 16.5. The van der Waals surface area contributed by atoms with Crippen LogP contribution in [0.3, 0.4) is 0 Å². The van der Waals surface area contributed by atoms with Crippen molar-refractivity contribution in [3.63, 3.8) is 0 Å². The molecule has 1 aromatic rings. The summed E-state index contributed by atoms with van der Waals surface area (Å²) in [4.78, 5) is 2.47. The number of rotatable bonds is 2. The molecule has 0 aromatic heterocycles.